The molecule has 1 aliphatic heterocycles. The summed E-state index contributed by atoms with van der Waals surface area (Å²) in [6.07, 6.45) is 0. The number of nitrogens with zero attached hydrogens (tertiary/aromatic N) is 3. The van der Waals surface area contributed by atoms with E-state index in [-0.39, 0.29) is 12.7 Å². The molecule has 0 fully saturated rings. The molecule has 0 atom stereocenters. The maximum atomic E-state index is 11.8. The van der Waals surface area contributed by atoms with Gasteiger partial charge < -0.3 is 20.4 Å². The third-order valence-electron chi connectivity index (χ3n) is 3.32. The Hall–Kier alpha value is -3.09. The van der Waals surface area contributed by atoms with E-state index in [1.165, 1.54) is 0 Å². The average molecular weight is 282 g/mol. The fourth-order valence-corrected chi connectivity index (χ4v) is 2.32. The van der Waals surface area contributed by atoms with Gasteiger partial charge in [0.1, 0.15) is 5.52 Å². The second-order valence-corrected chi connectivity index (χ2v) is 4.61. The Morgan fingerprint density at radius 2 is 1.81 bits per heavy atom. The number of nitrogen functional groups attached to an aromatic ring is 1. The first-order valence-corrected chi connectivity index (χ1v) is 6.28. The Bertz CT molecular complexity index is 866. The lowest BCUT2D eigenvalue weighted by Gasteiger charge is -2.05. The summed E-state index contributed by atoms with van der Waals surface area (Å²) in [6.45, 7) is 0.226. The van der Waals surface area contributed by atoms with Crippen LogP contribution >= 0.6 is 0 Å². The molecule has 0 amide bonds. The molecule has 0 unspecified atom stereocenters. The molecular formula is C14H10N4O3. The molecule has 2 heterocycles. The molecule has 4 rings (SSSR count). The molecule has 3 aromatic rings. The number of rotatable bonds is 1. The summed E-state index contributed by atoms with van der Waals surface area (Å²) >= 11 is 0. The van der Waals surface area contributed by atoms with Crippen LogP contribution in [0, 0.1) is 5.21 Å². The zero-order valence-corrected chi connectivity index (χ0v) is 10.8. The van der Waals surface area contributed by atoms with Gasteiger partial charge in [0.2, 0.25) is 6.79 Å². The highest BCUT2D eigenvalue weighted by Gasteiger charge is 2.15. The van der Waals surface area contributed by atoms with Gasteiger partial charge in [-0.2, -0.15) is 0 Å². The maximum absolute atomic E-state index is 11.8. The van der Waals surface area contributed by atoms with E-state index in [4.69, 9.17) is 15.2 Å². The second-order valence-electron chi connectivity index (χ2n) is 4.61. The smallest absolute Gasteiger partial charge is 0.288 e. The molecule has 0 saturated carbocycles. The molecule has 1 aromatic heterocycles. The van der Waals surface area contributed by atoms with E-state index in [2.05, 4.69) is 10.1 Å². The monoisotopic (exact) mass is 282 g/mol. The van der Waals surface area contributed by atoms with Crippen LogP contribution in [0.1, 0.15) is 0 Å². The minimum atomic E-state index is -0.0478. The highest BCUT2D eigenvalue weighted by molar-refractivity contribution is 5.80. The van der Waals surface area contributed by atoms with Crippen LogP contribution in [0.2, 0.25) is 0 Å². The molecular weight excluding hydrogens is 272 g/mol. The number of aromatic nitrogens is 3. The average Bonchev–Trinajstić information content (AvgIpc) is 2.94. The van der Waals surface area contributed by atoms with Gasteiger partial charge in [0.25, 0.3) is 11.5 Å². The van der Waals surface area contributed by atoms with Crippen molar-refractivity contribution in [3.63, 3.8) is 0 Å². The molecule has 0 bridgehead atoms. The Labute approximate surface area is 119 Å². The lowest BCUT2D eigenvalue weighted by atomic mass is 10.0. The van der Waals surface area contributed by atoms with Crippen molar-refractivity contribution in [2.24, 2.45) is 0 Å². The minimum absolute atomic E-state index is 0.0478. The first-order valence-electron chi connectivity index (χ1n) is 6.28. The van der Waals surface area contributed by atoms with Gasteiger partial charge in [-0.25, -0.2) is 4.98 Å². The number of hydrogen-bond acceptors (Lipinski definition) is 6. The molecule has 2 N–H and O–H groups in total. The third-order valence-corrected chi connectivity index (χ3v) is 3.32. The number of nitrogens with two attached hydrogens (primary N) is 1. The van der Waals surface area contributed by atoms with E-state index < -0.39 is 0 Å². The largest absolute Gasteiger partial charge is 0.594 e. The standard InChI is InChI=1S/C14H10N4O3/c15-14-16-10-3-1-8(5-11(10)18(19)17-14)9-2-4-12-13(6-9)21-7-20-12/h1-6H,7H2,(H2,15,16,17). The van der Waals surface area contributed by atoms with Crippen molar-refractivity contribution in [3.05, 3.63) is 41.6 Å². The topological polar surface area (TPSA) is 97.2 Å². The van der Waals surface area contributed by atoms with Crippen LogP contribution < -0.4 is 20.1 Å². The lowest BCUT2D eigenvalue weighted by molar-refractivity contribution is -0.641. The summed E-state index contributed by atoms with van der Waals surface area (Å²) in [6, 6.07) is 10.9. The van der Waals surface area contributed by atoms with Crippen LogP contribution in [-0.4, -0.2) is 16.9 Å². The van der Waals surface area contributed by atoms with Gasteiger partial charge in [0, 0.05) is 6.07 Å². The number of fused-ring (bicyclic) bond motifs is 2. The zero-order chi connectivity index (χ0) is 14.4. The van der Waals surface area contributed by atoms with E-state index in [0.29, 0.717) is 21.6 Å². The SMILES string of the molecule is Nc1nc2ccc(-c3ccc4c(c3)OCO4)cc2[n+]([O-])n1. The van der Waals surface area contributed by atoms with Crippen molar-refractivity contribution in [1.82, 2.24) is 10.1 Å². The highest BCUT2D eigenvalue weighted by Crippen LogP contribution is 2.36. The maximum Gasteiger partial charge on any atom is 0.288 e. The van der Waals surface area contributed by atoms with E-state index in [9.17, 15) is 5.21 Å². The van der Waals surface area contributed by atoms with Crippen molar-refractivity contribution < 1.29 is 14.3 Å². The predicted octanol–water partition coefficient (Wildman–Crippen LogP) is 1.24. The molecule has 0 spiro atoms. The molecule has 0 aliphatic carbocycles. The predicted molar refractivity (Wildman–Crippen MR) is 74.5 cm³/mol. The molecule has 2 aromatic carbocycles. The van der Waals surface area contributed by atoms with Crippen molar-refractivity contribution in [2.75, 3.05) is 12.5 Å². The summed E-state index contributed by atoms with van der Waals surface area (Å²) in [5.74, 6) is 1.36. The Morgan fingerprint density at radius 3 is 2.71 bits per heavy atom. The van der Waals surface area contributed by atoms with Crippen LogP contribution in [0.5, 0.6) is 11.5 Å². The van der Waals surface area contributed by atoms with Gasteiger partial charge in [-0.1, -0.05) is 12.1 Å². The van der Waals surface area contributed by atoms with Gasteiger partial charge in [-0.05, 0) is 34.2 Å². The number of ether oxygens (including phenoxy) is 2. The van der Waals surface area contributed by atoms with E-state index in [0.717, 1.165) is 16.9 Å². The van der Waals surface area contributed by atoms with Gasteiger partial charge >= 0.3 is 0 Å². The number of hydrogen-bond donors (Lipinski definition) is 1. The zero-order valence-electron chi connectivity index (χ0n) is 10.8. The Balaban J connectivity index is 1.87. The fourth-order valence-electron chi connectivity index (χ4n) is 2.32. The summed E-state index contributed by atoms with van der Waals surface area (Å²) in [5, 5.41) is 15.4. The number of benzene rings is 2. The van der Waals surface area contributed by atoms with Crippen LogP contribution in [0.3, 0.4) is 0 Å². The van der Waals surface area contributed by atoms with Crippen LogP contribution in [0.4, 0.5) is 5.95 Å². The molecule has 0 saturated heterocycles. The first-order chi connectivity index (χ1) is 10.2. The van der Waals surface area contributed by atoms with Crippen LogP contribution in [-0.2, 0) is 0 Å². The highest BCUT2D eigenvalue weighted by atomic mass is 16.7. The van der Waals surface area contributed by atoms with Crippen molar-refractivity contribution in [2.45, 2.75) is 0 Å². The summed E-state index contributed by atoms with van der Waals surface area (Å²) in [7, 11) is 0. The molecule has 21 heavy (non-hydrogen) atoms. The Kier molecular flexibility index (Phi) is 2.34. The lowest BCUT2D eigenvalue weighted by Crippen LogP contribution is -2.33. The summed E-state index contributed by atoms with van der Waals surface area (Å²) in [5.41, 5.74) is 8.10. The van der Waals surface area contributed by atoms with Crippen molar-refractivity contribution >= 4 is 17.0 Å². The van der Waals surface area contributed by atoms with E-state index in [1.54, 1.807) is 12.1 Å². The molecule has 104 valence electrons. The molecule has 7 nitrogen and oxygen atoms in total. The third kappa shape index (κ3) is 1.86. The van der Waals surface area contributed by atoms with E-state index >= 15 is 0 Å². The summed E-state index contributed by atoms with van der Waals surface area (Å²) < 4.78 is 10.6. The van der Waals surface area contributed by atoms with Gasteiger partial charge in [0.05, 0.1) is 5.10 Å². The van der Waals surface area contributed by atoms with Gasteiger partial charge in [0.15, 0.2) is 11.5 Å². The van der Waals surface area contributed by atoms with Crippen LogP contribution in [0.15, 0.2) is 36.4 Å². The molecule has 1 aliphatic rings. The van der Waals surface area contributed by atoms with Crippen LogP contribution in [0.25, 0.3) is 22.2 Å². The summed E-state index contributed by atoms with van der Waals surface area (Å²) in [4.78, 5) is 4.51. The molecule has 7 heteroatoms. The number of anilines is 1. The quantitative estimate of drug-likeness (QED) is 0.532. The second kappa shape index (κ2) is 4.20. The minimum Gasteiger partial charge on any atom is -0.594 e. The van der Waals surface area contributed by atoms with Crippen molar-refractivity contribution in [1.29, 1.82) is 0 Å². The van der Waals surface area contributed by atoms with E-state index in [1.807, 2.05) is 24.3 Å². The Morgan fingerprint density at radius 1 is 1.05 bits per heavy atom. The van der Waals surface area contributed by atoms with Gasteiger partial charge in [-0.15, -0.1) is 0 Å². The van der Waals surface area contributed by atoms with Gasteiger partial charge in [-0.3, -0.25) is 0 Å². The molecule has 0 radical (unpaired) electrons. The fraction of sp³-hybridized carbons (Fsp3) is 0.0714. The van der Waals surface area contributed by atoms with Crippen molar-refractivity contribution in [3.8, 4) is 22.6 Å². The first kappa shape index (κ1) is 11.7. The normalized spacial score (nSPS) is 12.8.